The predicted molar refractivity (Wildman–Crippen MR) is 103 cm³/mol. The Bertz CT molecular complexity index is 906. The smallest absolute Gasteiger partial charge is 0.397 e. The molecule has 1 aromatic heterocycles. The molecule has 1 atom stereocenters. The molecule has 0 amide bonds. The molecule has 2 rings (SSSR count). The van der Waals surface area contributed by atoms with E-state index in [-0.39, 0.29) is 27.2 Å². The standard InChI is InChI=1S/C15H13B2Cl2FN3O5/c1-7(12-8(18)3-4-9(20)13(12)19)28-11-5-10(15(25)26)21-22-14(11)23(16-6-24)17(2)27/h3-7,27H,1-2H3,(H,25,26)/t7-/m0/s1. The Morgan fingerprint density at radius 1 is 1.43 bits per heavy atom. The molecule has 13 heteroatoms. The first-order chi connectivity index (χ1) is 13.2. The second kappa shape index (κ2) is 9.22. The first-order valence-corrected chi connectivity index (χ1v) is 8.59. The van der Waals surface area contributed by atoms with Gasteiger partial charge in [0.05, 0.1) is 5.02 Å². The number of ether oxygens (including phenoxy) is 1. The van der Waals surface area contributed by atoms with E-state index in [1.165, 1.54) is 19.8 Å². The fourth-order valence-corrected chi connectivity index (χ4v) is 3.02. The van der Waals surface area contributed by atoms with Crippen molar-refractivity contribution in [2.24, 2.45) is 0 Å². The van der Waals surface area contributed by atoms with E-state index in [0.29, 0.717) is 6.19 Å². The topological polar surface area (TPSA) is 113 Å². The summed E-state index contributed by atoms with van der Waals surface area (Å²) in [6, 6.07) is 3.45. The van der Waals surface area contributed by atoms with Crippen LogP contribution in [0.25, 0.3) is 0 Å². The molecule has 0 aliphatic carbocycles. The average Bonchev–Trinajstić information content (AvgIpc) is 2.63. The molecule has 0 aliphatic heterocycles. The number of carboxylic acids is 1. The number of carboxylic acid groups (broad SMARTS) is 1. The zero-order valence-electron chi connectivity index (χ0n) is 14.6. The van der Waals surface area contributed by atoms with Gasteiger partial charge in [0, 0.05) is 16.7 Å². The van der Waals surface area contributed by atoms with Crippen molar-refractivity contribution >= 4 is 55.6 Å². The lowest BCUT2D eigenvalue weighted by molar-refractivity contribution is 0.0688. The Morgan fingerprint density at radius 2 is 2.11 bits per heavy atom. The van der Waals surface area contributed by atoms with Crippen LogP contribution in [0.4, 0.5) is 10.2 Å². The molecular weight excluding hydrogens is 414 g/mol. The van der Waals surface area contributed by atoms with Crippen molar-refractivity contribution < 1.29 is 28.8 Å². The molecular formula is C15H13B2Cl2FN3O5. The summed E-state index contributed by atoms with van der Waals surface area (Å²) in [7, 11) is -0.247. The van der Waals surface area contributed by atoms with E-state index in [9.17, 15) is 19.0 Å². The van der Waals surface area contributed by atoms with Gasteiger partial charge in [0.15, 0.2) is 17.3 Å². The van der Waals surface area contributed by atoms with Crippen LogP contribution in [0, 0.1) is 5.82 Å². The molecule has 1 heterocycles. The summed E-state index contributed by atoms with van der Waals surface area (Å²) in [5, 5.41) is 26.2. The van der Waals surface area contributed by atoms with E-state index in [4.69, 9.17) is 33.0 Å². The molecule has 2 N–H and O–H groups in total. The molecule has 0 spiro atoms. The maximum Gasteiger partial charge on any atom is 0.397 e. The van der Waals surface area contributed by atoms with Gasteiger partial charge in [-0.2, -0.15) is 0 Å². The number of halogens is 3. The summed E-state index contributed by atoms with van der Waals surface area (Å²) in [4.78, 5) is 22.1. The van der Waals surface area contributed by atoms with Crippen molar-refractivity contribution in [2.75, 3.05) is 4.72 Å². The van der Waals surface area contributed by atoms with Gasteiger partial charge in [-0.3, -0.25) is 0 Å². The van der Waals surface area contributed by atoms with Gasteiger partial charge in [0.1, 0.15) is 18.1 Å². The summed E-state index contributed by atoms with van der Waals surface area (Å²) >= 11 is 12.1. The molecule has 0 saturated heterocycles. The Labute approximate surface area is 170 Å². The number of hydrogen-bond acceptors (Lipinski definition) is 7. The number of carbonyl (C=O) groups is 2. The molecule has 0 bridgehead atoms. The van der Waals surface area contributed by atoms with Gasteiger partial charge in [0.2, 0.25) is 0 Å². The third-order valence-electron chi connectivity index (χ3n) is 3.62. The Balaban J connectivity index is 2.53. The number of nitrogens with zero attached hydrogens (tertiary/aromatic N) is 3. The highest BCUT2D eigenvalue weighted by Gasteiger charge is 2.27. The Morgan fingerprint density at radius 3 is 2.68 bits per heavy atom. The zero-order chi connectivity index (χ0) is 21.0. The minimum atomic E-state index is -1.37. The maximum atomic E-state index is 13.8. The summed E-state index contributed by atoms with van der Waals surface area (Å²) in [5.41, 5.74) is -0.315. The second-order valence-corrected chi connectivity index (χ2v) is 6.35. The second-order valence-electron chi connectivity index (χ2n) is 5.56. The van der Waals surface area contributed by atoms with E-state index in [0.717, 1.165) is 24.3 Å². The highest BCUT2D eigenvalue weighted by molar-refractivity contribution is 6.82. The number of benzene rings is 1. The van der Waals surface area contributed by atoms with Crippen LogP contribution in [0.5, 0.6) is 5.75 Å². The number of carbonyl (C=O) groups excluding carboxylic acids is 1. The molecule has 0 aliphatic rings. The molecule has 8 nitrogen and oxygen atoms in total. The van der Waals surface area contributed by atoms with Crippen molar-refractivity contribution in [3.63, 3.8) is 0 Å². The van der Waals surface area contributed by atoms with Crippen LogP contribution in [0.2, 0.25) is 16.9 Å². The fraction of sp³-hybridized carbons (Fsp3) is 0.200. The normalized spacial score (nSPS) is 11.5. The molecule has 1 radical (unpaired) electrons. The maximum absolute atomic E-state index is 13.8. The van der Waals surface area contributed by atoms with Crippen LogP contribution in [0.1, 0.15) is 29.1 Å². The lowest BCUT2D eigenvalue weighted by Crippen LogP contribution is -2.42. The van der Waals surface area contributed by atoms with Crippen LogP contribution in [-0.4, -0.2) is 46.9 Å². The summed E-state index contributed by atoms with van der Waals surface area (Å²) in [5.74, 6) is -2.37. The Kier molecular flexibility index (Phi) is 7.22. The average molecular weight is 427 g/mol. The SMILES string of the molecule is CB(O)N([B]C=O)c1nnc(C(=O)O)cc1O[C@@H](C)c1c(Cl)ccc(F)c1Cl. The van der Waals surface area contributed by atoms with E-state index >= 15 is 0 Å². The summed E-state index contributed by atoms with van der Waals surface area (Å²) < 4.78 is 20.6. The van der Waals surface area contributed by atoms with E-state index in [1.54, 1.807) is 0 Å². The van der Waals surface area contributed by atoms with Crippen molar-refractivity contribution in [1.29, 1.82) is 0 Å². The van der Waals surface area contributed by atoms with E-state index in [1.807, 2.05) is 0 Å². The van der Waals surface area contributed by atoms with Crippen LogP contribution >= 0.6 is 23.2 Å². The fourth-order valence-electron chi connectivity index (χ4n) is 2.34. The molecule has 0 saturated carbocycles. The predicted octanol–water partition coefficient (Wildman–Crippen LogP) is 2.49. The van der Waals surface area contributed by atoms with Crippen molar-refractivity contribution in [3.05, 3.63) is 45.3 Å². The van der Waals surface area contributed by atoms with E-state index < -0.39 is 30.6 Å². The zero-order valence-corrected chi connectivity index (χ0v) is 16.1. The lowest BCUT2D eigenvalue weighted by atomic mass is 9.73. The van der Waals surface area contributed by atoms with Crippen molar-refractivity contribution in [1.82, 2.24) is 10.2 Å². The molecule has 0 unspecified atom stereocenters. The first kappa shape index (κ1) is 21.9. The number of aromatic nitrogens is 2. The van der Waals surface area contributed by atoms with Gasteiger partial charge in [-0.1, -0.05) is 23.2 Å². The number of hydrogen-bond donors (Lipinski definition) is 2. The lowest BCUT2D eigenvalue weighted by Gasteiger charge is -2.26. The molecule has 28 heavy (non-hydrogen) atoms. The Hall–Kier alpha value is -2.36. The third kappa shape index (κ3) is 4.73. The molecule has 0 fully saturated rings. The molecule has 2 aromatic rings. The minimum Gasteiger partial charge on any atom is -0.482 e. The van der Waals surface area contributed by atoms with Crippen LogP contribution in [-0.2, 0) is 4.79 Å². The highest BCUT2D eigenvalue weighted by Crippen LogP contribution is 2.37. The minimum absolute atomic E-state index is 0.130. The monoisotopic (exact) mass is 426 g/mol. The van der Waals surface area contributed by atoms with Crippen molar-refractivity contribution in [3.8, 4) is 5.75 Å². The van der Waals surface area contributed by atoms with Gasteiger partial charge in [-0.15, -0.1) is 10.2 Å². The van der Waals surface area contributed by atoms with Crippen molar-refractivity contribution in [2.45, 2.75) is 19.9 Å². The largest absolute Gasteiger partial charge is 0.482 e. The van der Waals surface area contributed by atoms with Crippen LogP contribution in [0.15, 0.2) is 18.2 Å². The number of aromatic carboxylic acids is 1. The summed E-state index contributed by atoms with van der Waals surface area (Å²) in [6.07, 6.45) is -0.542. The van der Waals surface area contributed by atoms with Gasteiger partial charge >= 0.3 is 20.4 Å². The summed E-state index contributed by atoms with van der Waals surface area (Å²) in [6.45, 7) is 2.85. The van der Waals surface area contributed by atoms with Crippen LogP contribution in [0.3, 0.4) is 0 Å². The van der Waals surface area contributed by atoms with Gasteiger partial charge in [-0.25, -0.2) is 9.18 Å². The molecule has 1 aromatic carbocycles. The highest BCUT2D eigenvalue weighted by atomic mass is 35.5. The number of rotatable bonds is 8. The van der Waals surface area contributed by atoms with Crippen LogP contribution < -0.4 is 9.46 Å². The van der Waals surface area contributed by atoms with Gasteiger partial charge < -0.3 is 24.4 Å². The quantitative estimate of drug-likeness (QED) is 0.376. The molecule has 145 valence electrons. The van der Waals surface area contributed by atoms with Gasteiger partial charge in [0.25, 0.3) is 0 Å². The third-order valence-corrected chi connectivity index (χ3v) is 4.33. The number of anilines is 1. The van der Waals surface area contributed by atoms with Gasteiger partial charge in [-0.05, 0) is 25.9 Å². The van der Waals surface area contributed by atoms with E-state index in [2.05, 4.69) is 10.2 Å². The first-order valence-electron chi connectivity index (χ1n) is 7.83.